The molecule has 0 aliphatic carbocycles. The minimum absolute atomic E-state index is 0.105. The fraction of sp³-hybridized carbons (Fsp3) is 0.111. The molecule has 0 fully saturated rings. The molecule has 2 rings (SSSR count). The van der Waals surface area contributed by atoms with Crippen LogP contribution in [0.3, 0.4) is 0 Å². The van der Waals surface area contributed by atoms with E-state index in [0.29, 0.717) is 10.7 Å². The molecule has 0 saturated carbocycles. The zero-order valence-corrected chi connectivity index (χ0v) is 9.85. The molecule has 6 nitrogen and oxygen atoms in total. The van der Waals surface area contributed by atoms with E-state index in [9.17, 15) is 4.79 Å². The van der Waals surface area contributed by atoms with Gasteiger partial charge in [-0.05, 0) is 17.3 Å². The molecule has 0 amide bonds. The molecule has 88 valence electrons. The molecule has 17 heavy (non-hydrogen) atoms. The maximum absolute atomic E-state index is 10.5. The molecule has 0 aliphatic heterocycles. The molecule has 1 aromatic heterocycles. The van der Waals surface area contributed by atoms with Crippen molar-refractivity contribution in [2.75, 3.05) is 0 Å². The number of hydrogen-bond acceptors (Lipinski definition) is 4. The molecule has 8 heteroatoms. The summed E-state index contributed by atoms with van der Waals surface area (Å²) in [5.74, 6) is -0.921. The summed E-state index contributed by atoms with van der Waals surface area (Å²) >= 11 is 11.8. The van der Waals surface area contributed by atoms with Gasteiger partial charge < -0.3 is 5.11 Å². The number of tetrazole rings is 1. The Labute approximate surface area is 106 Å². The lowest BCUT2D eigenvalue weighted by atomic mass is 10.3. The summed E-state index contributed by atoms with van der Waals surface area (Å²) < 4.78 is 0. The quantitative estimate of drug-likeness (QED) is 0.918. The molecule has 0 aliphatic rings. The van der Waals surface area contributed by atoms with Gasteiger partial charge in [0.25, 0.3) is 0 Å². The van der Waals surface area contributed by atoms with Crippen LogP contribution in [0.1, 0.15) is 5.82 Å². The predicted octanol–water partition coefficient (Wildman–Crippen LogP) is 1.60. The summed E-state index contributed by atoms with van der Waals surface area (Å²) in [5.41, 5.74) is 0.448. The van der Waals surface area contributed by atoms with Crippen molar-refractivity contribution < 1.29 is 9.90 Å². The van der Waals surface area contributed by atoms with Crippen LogP contribution >= 0.6 is 23.2 Å². The Balaban J connectivity index is 2.37. The van der Waals surface area contributed by atoms with Gasteiger partial charge >= 0.3 is 5.97 Å². The molecule has 0 spiro atoms. The summed E-state index contributed by atoms with van der Waals surface area (Å²) in [4.78, 5) is 11.6. The van der Waals surface area contributed by atoms with E-state index in [1.165, 1.54) is 0 Å². The van der Waals surface area contributed by atoms with E-state index >= 15 is 0 Å². The highest BCUT2D eigenvalue weighted by molar-refractivity contribution is 6.43. The monoisotopic (exact) mass is 272 g/mol. The van der Waals surface area contributed by atoms with Crippen molar-refractivity contribution in [2.24, 2.45) is 0 Å². The third-order valence-electron chi connectivity index (χ3n) is 1.91. The molecular weight excluding hydrogens is 267 g/mol. The first-order valence-electron chi connectivity index (χ1n) is 4.53. The van der Waals surface area contributed by atoms with Gasteiger partial charge in [0.1, 0.15) is 12.1 Å². The topological polar surface area (TPSA) is 80.9 Å². The van der Waals surface area contributed by atoms with Gasteiger partial charge in [-0.15, -0.1) is 15.0 Å². The number of nitrogens with zero attached hydrogens (tertiary/aromatic N) is 4. The Morgan fingerprint density at radius 2 is 2.18 bits per heavy atom. The Morgan fingerprint density at radius 3 is 2.88 bits per heavy atom. The predicted molar refractivity (Wildman–Crippen MR) is 60.5 cm³/mol. The maximum atomic E-state index is 10.5. The largest absolute Gasteiger partial charge is 0.481 e. The van der Waals surface area contributed by atoms with Crippen molar-refractivity contribution in [3.05, 3.63) is 34.1 Å². The van der Waals surface area contributed by atoms with Crippen molar-refractivity contribution >= 4 is 29.2 Å². The lowest BCUT2D eigenvalue weighted by molar-refractivity contribution is -0.136. The molecule has 1 heterocycles. The lowest BCUT2D eigenvalue weighted by Crippen LogP contribution is -2.04. The highest BCUT2D eigenvalue weighted by Crippen LogP contribution is 2.27. The number of aliphatic carboxylic acids is 1. The number of halogens is 2. The normalized spacial score (nSPS) is 10.5. The smallest absolute Gasteiger partial charge is 0.311 e. The van der Waals surface area contributed by atoms with Crippen LogP contribution in [0.2, 0.25) is 10.0 Å². The fourth-order valence-electron chi connectivity index (χ4n) is 1.20. The van der Waals surface area contributed by atoms with Crippen LogP contribution in [-0.4, -0.2) is 31.3 Å². The van der Waals surface area contributed by atoms with Crippen molar-refractivity contribution in [3.63, 3.8) is 0 Å². The molecule has 1 N–H and O–H groups in total. The molecule has 0 bridgehead atoms. The highest BCUT2D eigenvalue weighted by atomic mass is 35.5. The van der Waals surface area contributed by atoms with Crippen LogP contribution in [-0.2, 0) is 11.2 Å². The summed E-state index contributed by atoms with van der Waals surface area (Å²) in [6.45, 7) is 0. The first-order valence-corrected chi connectivity index (χ1v) is 5.28. The van der Waals surface area contributed by atoms with Crippen molar-refractivity contribution in [1.29, 1.82) is 0 Å². The Hall–Kier alpha value is -1.66. The average molecular weight is 273 g/mol. The SMILES string of the molecule is O=C(O)Cc1nnn(-c2cccc(Cl)c2Cl)n1. The fourth-order valence-corrected chi connectivity index (χ4v) is 1.57. The Bertz CT molecular complexity index is 570. The molecule has 2 aromatic rings. The van der Waals surface area contributed by atoms with Crippen LogP contribution in [0.5, 0.6) is 0 Å². The maximum Gasteiger partial charge on any atom is 0.311 e. The van der Waals surface area contributed by atoms with E-state index in [2.05, 4.69) is 15.4 Å². The van der Waals surface area contributed by atoms with Crippen LogP contribution in [0.15, 0.2) is 18.2 Å². The molecule has 0 unspecified atom stereocenters. The second-order valence-electron chi connectivity index (χ2n) is 3.14. The van der Waals surface area contributed by atoms with Crippen LogP contribution in [0.4, 0.5) is 0 Å². The molecular formula is C9H6Cl2N4O2. The number of rotatable bonds is 3. The number of aromatic nitrogens is 4. The standard InChI is InChI=1S/C9H6Cl2N4O2/c10-5-2-1-3-6(9(5)11)15-13-7(12-14-15)4-8(16)17/h1-3H,4H2,(H,16,17). The number of carboxylic acids is 1. The zero-order valence-electron chi connectivity index (χ0n) is 8.34. The summed E-state index contributed by atoms with van der Waals surface area (Å²) in [5, 5.41) is 20.4. The third-order valence-corrected chi connectivity index (χ3v) is 2.72. The Kier molecular flexibility index (Phi) is 3.26. The van der Waals surface area contributed by atoms with E-state index in [1.807, 2.05) is 0 Å². The molecule has 0 radical (unpaired) electrons. The second kappa shape index (κ2) is 4.68. The summed E-state index contributed by atoms with van der Waals surface area (Å²) in [6, 6.07) is 4.96. The van der Waals surface area contributed by atoms with Crippen LogP contribution in [0, 0.1) is 0 Å². The summed E-state index contributed by atoms with van der Waals surface area (Å²) in [6.07, 6.45) is -0.293. The highest BCUT2D eigenvalue weighted by Gasteiger charge is 2.12. The van der Waals surface area contributed by atoms with Crippen molar-refractivity contribution in [1.82, 2.24) is 20.2 Å². The minimum Gasteiger partial charge on any atom is -0.481 e. The van der Waals surface area contributed by atoms with Crippen LogP contribution in [0.25, 0.3) is 5.69 Å². The van der Waals surface area contributed by atoms with E-state index < -0.39 is 5.97 Å². The van der Waals surface area contributed by atoms with Gasteiger partial charge in [0, 0.05) is 0 Å². The van der Waals surface area contributed by atoms with E-state index in [4.69, 9.17) is 28.3 Å². The Morgan fingerprint density at radius 1 is 1.41 bits per heavy atom. The number of carboxylic acid groups (broad SMARTS) is 1. The molecule has 0 atom stereocenters. The number of carbonyl (C=O) groups is 1. The molecule has 1 aromatic carbocycles. The van der Waals surface area contributed by atoms with Gasteiger partial charge in [-0.1, -0.05) is 29.3 Å². The number of benzene rings is 1. The minimum atomic E-state index is -1.03. The van der Waals surface area contributed by atoms with Gasteiger partial charge in [-0.3, -0.25) is 4.79 Å². The lowest BCUT2D eigenvalue weighted by Gasteiger charge is -2.02. The first kappa shape index (κ1) is 11.8. The second-order valence-corrected chi connectivity index (χ2v) is 3.92. The van der Waals surface area contributed by atoms with Gasteiger partial charge in [0.15, 0.2) is 5.82 Å². The van der Waals surface area contributed by atoms with E-state index in [1.54, 1.807) is 18.2 Å². The van der Waals surface area contributed by atoms with Gasteiger partial charge in [-0.2, -0.15) is 0 Å². The van der Waals surface area contributed by atoms with Crippen molar-refractivity contribution in [2.45, 2.75) is 6.42 Å². The third kappa shape index (κ3) is 2.54. The van der Waals surface area contributed by atoms with Crippen molar-refractivity contribution in [3.8, 4) is 5.69 Å². The van der Waals surface area contributed by atoms with E-state index in [-0.39, 0.29) is 17.3 Å². The first-order chi connectivity index (χ1) is 8.08. The summed E-state index contributed by atoms with van der Waals surface area (Å²) in [7, 11) is 0. The van der Waals surface area contributed by atoms with E-state index in [0.717, 1.165) is 4.80 Å². The average Bonchev–Trinajstić information content (AvgIpc) is 2.69. The van der Waals surface area contributed by atoms with Gasteiger partial charge in [0.2, 0.25) is 0 Å². The van der Waals surface area contributed by atoms with Gasteiger partial charge in [0.05, 0.1) is 10.0 Å². The van der Waals surface area contributed by atoms with Crippen LogP contribution < -0.4 is 0 Å². The zero-order chi connectivity index (χ0) is 12.4. The van der Waals surface area contributed by atoms with Gasteiger partial charge in [-0.25, -0.2) is 0 Å². The number of hydrogen-bond donors (Lipinski definition) is 1. The molecule has 0 saturated heterocycles.